The third kappa shape index (κ3) is 4.37. The minimum atomic E-state index is -0.224. The third-order valence-corrected chi connectivity index (χ3v) is 4.66. The fourth-order valence-electron chi connectivity index (χ4n) is 3.22. The Morgan fingerprint density at radius 1 is 1.04 bits per heavy atom. The van der Waals surface area contributed by atoms with Crippen LogP contribution in [-0.2, 0) is 16.0 Å². The SMILES string of the molecule is Cc1cccc(C(C)C)c1NC(=O)CNC(=O)Cc1c[nH]c2ccccc12. The topological polar surface area (TPSA) is 74.0 Å². The van der Waals surface area contributed by atoms with Crippen LogP contribution in [0.1, 0.15) is 36.5 Å². The number of fused-ring (bicyclic) bond motifs is 1. The first-order valence-corrected chi connectivity index (χ1v) is 9.16. The molecule has 0 atom stereocenters. The van der Waals surface area contributed by atoms with Crippen LogP contribution >= 0.6 is 0 Å². The van der Waals surface area contributed by atoms with Gasteiger partial charge in [-0.3, -0.25) is 9.59 Å². The molecule has 140 valence electrons. The fraction of sp³-hybridized carbons (Fsp3) is 0.273. The number of para-hydroxylation sites is 2. The van der Waals surface area contributed by atoms with Gasteiger partial charge in [0.05, 0.1) is 13.0 Å². The zero-order valence-electron chi connectivity index (χ0n) is 15.9. The molecule has 0 aliphatic heterocycles. The van der Waals surface area contributed by atoms with Crippen molar-refractivity contribution in [2.75, 3.05) is 11.9 Å². The number of rotatable bonds is 6. The molecule has 0 radical (unpaired) electrons. The summed E-state index contributed by atoms with van der Waals surface area (Å²) in [7, 11) is 0. The van der Waals surface area contributed by atoms with Gasteiger partial charge in [0.2, 0.25) is 11.8 Å². The van der Waals surface area contributed by atoms with Gasteiger partial charge in [0.15, 0.2) is 0 Å². The molecule has 1 heterocycles. The van der Waals surface area contributed by atoms with Crippen LogP contribution in [0.25, 0.3) is 10.9 Å². The summed E-state index contributed by atoms with van der Waals surface area (Å²) in [5, 5.41) is 6.68. The van der Waals surface area contributed by atoms with Gasteiger partial charge in [-0.2, -0.15) is 0 Å². The lowest BCUT2D eigenvalue weighted by Crippen LogP contribution is -2.34. The molecule has 5 heteroatoms. The summed E-state index contributed by atoms with van der Waals surface area (Å²) in [6.45, 7) is 6.10. The monoisotopic (exact) mass is 363 g/mol. The highest BCUT2D eigenvalue weighted by Crippen LogP contribution is 2.27. The van der Waals surface area contributed by atoms with E-state index in [-0.39, 0.29) is 24.8 Å². The summed E-state index contributed by atoms with van der Waals surface area (Å²) in [6.07, 6.45) is 2.07. The Balaban J connectivity index is 1.59. The number of aromatic amines is 1. The molecule has 0 spiro atoms. The number of aryl methyl sites for hydroxylation is 1. The van der Waals surface area contributed by atoms with E-state index in [1.807, 2.05) is 55.6 Å². The van der Waals surface area contributed by atoms with E-state index in [0.29, 0.717) is 5.92 Å². The van der Waals surface area contributed by atoms with Crippen molar-refractivity contribution in [2.24, 2.45) is 0 Å². The van der Waals surface area contributed by atoms with Crippen LogP contribution < -0.4 is 10.6 Å². The predicted molar refractivity (Wildman–Crippen MR) is 109 cm³/mol. The second-order valence-electron chi connectivity index (χ2n) is 7.06. The number of carbonyl (C=O) groups is 2. The van der Waals surface area contributed by atoms with Crippen molar-refractivity contribution in [1.29, 1.82) is 0 Å². The summed E-state index contributed by atoms with van der Waals surface area (Å²) in [4.78, 5) is 27.7. The Morgan fingerprint density at radius 3 is 2.59 bits per heavy atom. The number of benzene rings is 2. The molecule has 0 aliphatic rings. The number of amides is 2. The molecule has 2 aromatic carbocycles. The Kier molecular flexibility index (Phi) is 5.60. The highest BCUT2D eigenvalue weighted by molar-refractivity contribution is 5.96. The molecule has 5 nitrogen and oxygen atoms in total. The van der Waals surface area contributed by atoms with Crippen LogP contribution in [0.5, 0.6) is 0 Å². The average molecular weight is 363 g/mol. The highest BCUT2D eigenvalue weighted by Gasteiger charge is 2.13. The molecule has 3 rings (SSSR count). The zero-order chi connectivity index (χ0) is 19.4. The summed E-state index contributed by atoms with van der Waals surface area (Å²) >= 11 is 0. The minimum absolute atomic E-state index is 0.0486. The molecule has 3 aromatic rings. The molecule has 0 unspecified atom stereocenters. The Morgan fingerprint density at radius 2 is 1.81 bits per heavy atom. The van der Waals surface area contributed by atoms with Crippen molar-refractivity contribution in [2.45, 2.75) is 33.1 Å². The lowest BCUT2D eigenvalue weighted by molar-refractivity contribution is -0.123. The van der Waals surface area contributed by atoms with Crippen molar-refractivity contribution >= 4 is 28.4 Å². The second-order valence-corrected chi connectivity index (χ2v) is 7.06. The van der Waals surface area contributed by atoms with Crippen LogP contribution in [0, 0.1) is 6.92 Å². The highest BCUT2D eigenvalue weighted by atomic mass is 16.2. The normalized spacial score (nSPS) is 11.0. The fourth-order valence-corrected chi connectivity index (χ4v) is 3.22. The molecule has 0 bridgehead atoms. The van der Waals surface area contributed by atoms with E-state index in [0.717, 1.165) is 33.3 Å². The van der Waals surface area contributed by atoms with Gasteiger partial charge >= 0.3 is 0 Å². The maximum absolute atomic E-state index is 12.3. The van der Waals surface area contributed by atoms with Gasteiger partial charge in [0.1, 0.15) is 0 Å². The molecule has 0 saturated heterocycles. The van der Waals surface area contributed by atoms with E-state index in [2.05, 4.69) is 29.5 Å². The number of aromatic nitrogens is 1. The summed E-state index contributed by atoms with van der Waals surface area (Å²) in [5.74, 6) is -0.0982. The summed E-state index contributed by atoms with van der Waals surface area (Å²) < 4.78 is 0. The van der Waals surface area contributed by atoms with Gasteiger partial charge in [-0.05, 0) is 35.6 Å². The van der Waals surface area contributed by atoms with Crippen LogP contribution in [0.15, 0.2) is 48.7 Å². The Labute approximate surface area is 159 Å². The maximum Gasteiger partial charge on any atom is 0.243 e. The first kappa shape index (κ1) is 18.7. The first-order valence-electron chi connectivity index (χ1n) is 9.16. The van der Waals surface area contributed by atoms with Crippen LogP contribution in [-0.4, -0.2) is 23.3 Å². The smallest absolute Gasteiger partial charge is 0.243 e. The molecule has 1 aromatic heterocycles. The Bertz CT molecular complexity index is 973. The predicted octanol–water partition coefficient (Wildman–Crippen LogP) is 3.90. The number of hydrogen-bond acceptors (Lipinski definition) is 2. The number of nitrogens with one attached hydrogen (secondary N) is 3. The number of carbonyl (C=O) groups excluding carboxylic acids is 2. The molecule has 27 heavy (non-hydrogen) atoms. The van der Waals surface area contributed by atoms with Gasteiger partial charge < -0.3 is 15.6 Å². The number of hydrogen-bond donors (Lipinski definition) is 3. The largest absolute Gasteiger partial charge is 0.361 e. The average Bonchev–Trinajstić information content (AvgIpc) is 3.04. The quantitative estimate of drug-likeness (QED) is 0.621. The van der Waals surface area contributed by atoms with Gasteiger partial charge in [-0.15, -0.1) is 0 Å². The second kappa shape index (κ2) is 8.08. The van der Waals surface area contributed by atoms with Crippen LogP contribution in [0.4, 0.5) is 5.69 Å². The van der Waals surface area contributed by atoms with Crippen LogP contribution in [0.2, 0.25) is 0 Å². The molecule has 0 saturated carbocycles. The van der Waals surface area contributed by atoms with Crippen molar-refractivity contribution < 1.29 is 9.59 Å². The van der Waals surface area contributed by atoms with E-state index in [1.54, 1.807) is 0 Å². The van der Waals surface area contributed by atoms with Crippen molar-refractivity contribution in [3.05, 3.63) is 65.4 Å². The maximum atomic E-state index is 12.3. The van der Waals surface area contributed by atoms with E-state index in [4.69, 9.17) is 0 Å². The van der Waals surface area contributed by atoms with E-state index >= 15 is 0 Å². The summed E-state index contributed by atoms with van der Waals surface area (Å²) in [6, 6.07) is 13.8. The van der Waals surface area contributed by atoms with E-state index in [1.165, 1.54) is 0 Å². The molecule has 0 fully saturated rings. The van der Waals surface area contributed by atoms with Crippen LogP contribution in [0.3, 0.4) is 0 Å². The van der Waals surface area contributed by atoms with E-state index < -0.39 is 0 Å². The molecular formula is C22H25N3O2. The van der Waals surface area contributed by atoms with Crippen molar-refractivity contribution in [3.63, 3.8) is 0 Å². The first-order chi connectivity index (χ1) is 13.0. The number of anilines is 1. The molecule has 2 amide bonds. The van der Waals surface area contributed by atoms with Gasteiger partial charge in [-0.1, -0.05) is 50.2 Å². The minimum Gasteiger partial charge on any atom is -0.361 e. The van der Waals surface area contributed by atoms with Gasteiger partial charge in [0.25, 0.3) is 0 Å². The lowest BCUT2D eigenvalue weighted by Gasteiger charge is -2.16. The zero-order valence-corrected chi connectivity index (χ0v) is 15.9. The van der Waals surface area contributed by atoms with Crippen molar-refractivity contribution in [1.82, 2.24) is 10.3 Å². The van der Waals surface area contributed by atoms with Gasteiger partial charge in [0, 0.05) is 22.8 Å². The molecule has 0 aliphatic carbocycles. The number of H-pyrrole nitrogens is 1. The summed E-state index contributed by atoms with van der Waals surface area (Å²) in [5.41, 5.74) is 4.86. The lowest BCUT2D eigenvalue weighted by atomic mass is 9.98. The van der Waals surface area contributed by atoms with Gasteiger partial charge in [-0.25, -0.2) is 0 Å². The van der Waals surface area contributed by atoms with E-state index in [9.17, 15) is 9.59 Å². The van der Waals surface area contributed by atoms with Crippen molar-refractivity contribution in [3.8, 4) is 0 Å². The molecular weight excluding hydrogens is 338 g/mol. The third-order valence-electron chi connectivity index (χ3n) is 4.66. The molecule has 3 N–H and O–H groups in total. The standard InChI is InChI=1S/C22H25N3O2/c1-14(2)17-9-6-7-15(3)22(17)25-21(27)13-24-20(26)11-16-12-23-19-10-5-4-8-18(16)19/h4-10,12,14,23H,11,13H2,1-3H3,(H,24,26)(H,25,27). The Hall–Kier alpha value is -3.08.